The molecule has 4 nitrogen and oxygen atoms in total. The highest BCUT2D eigenvalue weighted by Crippen LogP contribution is 2.28. The SMILES string of the molecule is CCCCC[C@H]1O[C@@H](CC(=O)CC)CC[C@@H]1OC(C)=O. The van der Waals surface area contributed by atoms with Crippen LogP contribution in [0.3, 0.4) is 0 Å². The molecule has 0 unspecified atom stereocenters. The third kappa shape index (κ3) is 6.04. The lowest BCUT2D eigenvalue weighted by atomic mass is 9.94. The minimum absolute atomic E-state index is 0.000819. The monoisotopic (exact) mass is 284 g/mol. The van der Waals surface area contributed by atoms with Gasteiger partial charge in [0.1, 0.15) is 11.9 Å². The van der Waals surface area contributed by atoms with Crippen LogP contribution in [0, 0.1) is 0 Å². The molecule has 0 N–H and O–H groups in total. The molecule has 4 heteroatoms. The molecule has 1 heterocycles. The van der Waals surface area contributed by atoms with Crippen LogP contribution in [0.15, 0.2) is 0 Å². The Labute approximate surface area is 122 Å². The van der Waals surface area contributed by atoms with E-state index in [1.54, 1.807) is 0 Å². The minimum Gasteiger partial charge on any atom is -0.460 e. The van der Waals surface area contributed by atoms with Gasteiger partial charge in [-0.3, -0.25) is 9.59 Å². The second-order valence-electron chi connectivity index (χ2n) is 5.61. The first-order valence-electron chi connectivity index (χ1n) is 7.91. The van der Waals surface area contributed by atoms with Gasteiger partial charge >= 0.3 is 5.97 Å². The zero-order chi connectivity index (χ0) is 15.0. The van der Waals surface area contributed by atoms with Crippen LogP contribution in [-0.4, -0.2) is 30.1 Å². The molecule has 0 aromatic carbocycles. The summed E-state index contributed by atoms with van der Waals surface area (Å²) in [5.41, 5.74) is 0. The average molecular weight is 284 g/mol. The summed E-state index contributed by atoms with van der Waals surface area (Å²) in [5.74, 6) is -0.00424. The fraction of sp³-hybridized carbons (Fsp3) is 0.875. The van der Waals surface area contributed by atoms with Gasteiger partial charge in [0.25, 0.3) is 0 Å². The number of carbonyl (C=O) groups is 2. The van der Waals surface area contributed by atoms with E-state index < -0.39 is 0 Å². The zero-order valence-corrected chi connectivity index (χ0v) is 13.0. The van der Waals surface area contributed by atoms with Crippen molar-refractivity contribution in [1.82, 2.24) is 0 Å². The van der Waals surface area contributed by atoms with E-state index in [0.717, 1.165) is 38.5 Å². The van der Waals surface area contributed by atoms with Crippen LogP contribution in [0.2, 0.25) is 0 Å². The van der Waals surface area contributed by atoms with Crippen molar-refractivity contribution in [2.45, 2.75) is 90.4 Å². The number of carbonyl (C=O) groups excluding carboxylic acids is 2. The van der Waals surface area contributed by atoms with Crippen LogP contribution in [0.4, 0.5) is 0 Å². The molecule has 0 aromatic heterocycles. The highest BCUT2D eigenvalue weighted by Gasteiger charge is 2.33. The number of rotatable bonds is 8. The number of ether oxygens (including phenoxy) is 2. The van der Waals surface area contributed by atoms with Gasteiger partial charge in [0.05, 0.1) is 12.2 Å². The molecule has 0 amide bonds. The lowest BCUT2D eigenvalue weighted by molar-refractivity contribution is -0.172. The summed E-state index contributed by atoms with van der Waals surface area (Å²) >= 11 is 0. The van der Waals surface area contributed by atoms with Crippen LogP contribution in [-0.2, 0) is 19.1 Å². The molecule has 3 atom stereocenters. The maximum Gasteiger partial charge on any atom is 0.302 e. The third-order valence-electron chi connectivity index (χ3n) is 3.81. The maximum absolute atomic E-state index is 11.5. The normalized spacial score (nSPS) is 26.2. The second kappa shape index (κ2) is 9.11. The summed E-state index contributed by atoms with van der Waals surface area (Å²) in [6.45, 7) is 5.48. The fourth-order valence-corrected chi connectivity index (χ4v) is 2.68. The Morgan fingerprint density at radius 1 is 1.20 bits per heavy atom. The van der Waals surface area contributed by atoms with Crippen molar-refractivity contribution >= 4 is 11.8 Å². The number of esters is 1. The fourth-order valence-electron chi connectivity index (χ4n) is 2.68. The minimum atomic E-state index is -0.248. The van der Waals surface area contributed by atoms with Crippen LogP contribution in [0.1, 0.15) is 72.1 Å². The Morgan fingerprint density at radius 3 is 2.55 bits per heavy atom. The van der Waals surface area contributed by atoms with Gasteiger partial charge in [-0.05, 0) is 19.3 Å². The number of ketones is 1. The van der Waals surface area contributed by atoms with Crippen molar-refractivity contribution in [3.63, 3.8) is 0 Å². The van der Waals surface area contributed by atoms with Gasteiger partial charge in [0, 0.05) is 19.8 Å². The topological polar surface area (TPSA) is 52.6 Å². The van der Waals surface area contributed by atoms with Crippen molar-refractivity contribution in [1.29, 1.82) is 0 Å². The molecule has 1 rings (SSSR count). The van der Waals surface area contributed by atoms with Gasteiger partial charge in [-0.2, -0.15) is 0 Å². The molecule has 1 fully saturated rings. The number of hydrogen-bond acceptors (Lipinski definition) is 4. The van der Waals surface area contributed by atoms with E-state index in [-0.39, 0.29) is 30.1 Å². The quantitative estimate of drug-likeness (QED) is 0.506. The lowest BCUT2D eigenvalue weighted by Gasteiger charge is -2.36. The number of unbranched alkanes of at least 4 members (excludes halogenated alkanes) is 2. The Hall–Kier alpha value is -0.900. The molecule has 0 bridgehead atoms. The molecule has 0 spiro atoms. The van der Waals surface area contributed by atoms with Gasteiger partial charge in [-0.15, -0.1) is 0 Å². The largest absolute Gasteiger partial charge is 0.460 e. The van der Waals surface area contributed by atoms with E-state index in [4.69, 9.17) is 9.47 Å². The summed E-state index contributed by atoms with van der Waals surface area (Å²) in [7, 11) is 0. The van der Waals surface area contributed by atoms with Crippen molar-refractivity contribution < 1.29 is 19.1 Å². The van der Waals surface area contributed by atoms with Crippen molar-refractivity contribution in [2.75, 3.05) is 0 Å². The molecule has 116 valence electrons. The second-order valence-corrected chi connectivity index (χ2v) is 5.61. The number of hydrogen-bond donors (Lipinski definition) is 0. The Morgan fingerprint density at radius 2 is 1.95 bits per heavy atom. The molecule has 1 aliphatic heterocycles. The molecule has 0 radical (unpaired) electrons. The van der Waals surface area contributed by atoms with E-state index in [2.05, 4.69) is 6.92 Å². The van der Waals surface area contributed by atoms with Crippen LogP contribution in [0.5, 0.6) is 0 Å². The summed E-state index contributed by atoms with van der Waals surface area (Å²) in [4.78, 5) is 22.7. The van der Waals surface area contributed by atoms with Gasteiger partial charge in [0.15, 0.2) is 0 Å². The molecular weight excluding hydrogens is 256 g/mol. The van der Waals surface area contributed by atoms with E-state index in [1.165, 1.54) is 6.92 Å². The summed E-state index contributed by atoms with van der Waals surface area (Å²) in [6.07, 6.45) is 6.77. The van der Waals surface area contributed by atoms with Gasteiger partial charge in [-0.25, -0.2) is 0 Å². The predicted molar refractivity (Wildman–Crippen MR) is 77.5 cm³/mol. The molecule has 20 heavy (non-hydrogen) atoms. The zero-order valence-electron chi connectivity index (χ0n) is 13.0. The Kier molecular flexibility index (Phi) is 7.82. The molecular formula is C16H28O4. The van der Waals surface area contributed by atoms with E-state index in [1.807, 2.05) is 6.92 Å². The van der Waals surface area contributed by atoms with E-state index in [0.29, 0.717) is 12.8 Å². The summed E-state index contributed by atoms with van der Waals surface area (Å²) in [5, 5.41) is 0. The van der Waals surface area contributed by atoms with Gasteiger partial charge < -0.3 is 9.47 Å². The van der Waals surface area contributed by atoms with Crippen molar-refractivity contribution in [2.24, 2.45) is 0 Å². The average Bonchev–Trinajstić information content (AvgIpc) is 2.41. The first-order chi connectivity index (χ1) is 9.56. The first-order valence-corrected chi connectivity index (χ1v) is 7.91. The third-order valence-corrected chi connectivity index (χ3v) is 3.81. The van der Waals surface area contributed by atoms with Crippen molar-refractivity contribution in [3.8, 4) is 0 Å². The van der Waals surface area contributed by atoms with E-state index >= 15 is 0 Å². The highest BCUT2D eigenvalue weighted by atomic mass is 16.6. The Bertz CT molecular complexity index is 314. The molecule has 0 saturated carbocycles. The van der Waals surface area contributed by atoms with Gasteiger partial charge in [0.2, 0.25) is 0 Å². The van der Waals surface area contributed by atoms with Crippen LogP contribution >= 0.6 is 0 Å². The van der Waals surface area contributed by atoms with Gasteiger partial charge in [-0.1, -0.05) is 33.1 Å². The molecule has 1 saturated heterocycles. The predicted octanol–water partition coefficient (Wildman–Crippen LogP) is 3.42. The number of Topliss-reactive ketones (excluding diaryl/α,β-unsaturated/α-hetero) is 1. The lowest BCUT2D eigenvalue weighted by Crippen LogP contribution is -2.42. The van der Waals surface area contributed by atoms with Crippen LogP contribution in [0.25, 0.3) is 0 Å². The summed E-state index contributed by atoms with van der Waals surface area (Å²) in [6, 6.07) is 0. The van der Waals surface area contributed by atoms with Crippen molar-refractivity contribution in [3.05, 3.63) is 0 Å². The maximum atomic E-state index is 11.5. The smallest absolute Gasteiger partial charge is 0.302 e. The standard InChI is InChI=1S/C16H28O4/c1-4-6-7-8-15-16(19-12(3)17)10-9-14(20-15)11-13(18)5-2/h14-16H,4-11H2,1-3H3/t14-,15-,16+/m1/s1. The van der Waals surface area contributed by atoms with Crippen LogP contribution < -0.4 is 0 Å². The molecule has 1 aliphatic rings. The first kappa shape index (κ1) is 17.2. The molecule has 0 aliphatic carbocycles. The molecule has 0 aromatic rings. The van der Waals surface area contributed by atoms with E-state index in [9.17, 15) is 9.59 Å². The highest BCUT2D eigenvalue weighted by molar-refractivity contribution is 5.78. The summed E-state index contributed by atoms with van der Waals surface area (Å²) < 4.78 is 11.4. The Balaban J connectivity index is 2.52.